The van der Waals surface area contributed by atoms with E-state index in [4.69, 9.17) is 14.9 Å². The number of ether oxygens (including phenoxy) is 1. The third kappa shape index (κ3) is 3.35. The van der Waals surface area contributed by atoms with Gasteiger partial charge in [-0.2, -0.15) is 0 Å². The number of aryl methyl sites for hydroxylation is 3. The third-order valence-corrected chi connectivity index (χ3v) is 4.09. The highest BCUT2D eigenvalue weighted by atomic mass is 16.5. The second-order valence-electron chi connectivity index (χ2n) is 6.10. The molecule has 3 rings (SSSR count). The molecule has 9 nitrogen and oxygen atoms in total. The van der Waals surface area contributed by atoms with Crippen LogP contribution < -0.4 is 15.8 Å². The SMILES string of the molecule is CCCn1c(NC(=O)c2oc(C)nc2C)nc2cc(C(N)=O)cc(OC)c21. The average molecular weight is 371 g/mol. The second-order valence-corrected chi connectivity index (χ2v) is 6.10. The lowest BCUT2D eigenvalue weighted by Gasteiger charge is -2.11. The molecule has 3 aromatic rings. The molecule has 0 aliphatic rings. The van der Waals surface area contributed by atoms with Crippen molar-refractivity contribution in [3.63, 3.8) is 0 Å². The van der Waals surface area contributed by atoms with Crippen molar-refractivity contribution < 1.29 is 18.7 Å². The first-order valence-corrected chi connectivity index (χ1v) is 8.49. The van der Waals surface area contributed by atoms with Gasteiger partial charge in [-0.1, -0.05) is 6.92 Å². The number of rotatable bonds is 6. The van der Waals surface area contributed by atoms with E-state index in [1.165, 1.54) is 7.11 Å². The van der Waals surface area contributed by atoms with Gasteiger partial charge in [-0.05, 0) is 25.5 Å². The number of nitrogens with two attached hydrogens (primary N) is 1. The molecule has 0 aliphatic heterocycles. The molecule has 3 N–H and O–H groups in total. The number of hydrogen-bond donors (Lipinski definition) is 2. The quantitative estimate of drug-likeness (QED) is 0.685. The Kier molecular flexibility index (Phi) is 4.85. The van der Waals surface area contributed by atoms with Crippen LogP contribution in [0.2, 0.25) is 0 Å². The number of oxazole rings is 1. The molecule has 0 saturated heterocycles. The first-order chi connectivity index (χ1) is 12.8. The van der Waals surface area contributed by atoms with Crippen LogP contribution in [-0.2, 0) is 6.54 Å². The number of carbonyl (C=O) groups excluding carboxylic acids is 2. The molecule has 1 aromatic carbocycles. The lowest BCUT2D eigenvalue weighted by atomic mass is 10.1. The Bertz CT molecular complexity index is 1030. The number of nitrogens with one attached hydrogen (secondary N) is 1. The summed E-state index contributed by atoms with van der Waals surface area (Å²) in [4.78, 5) is 32.8. The summed E-state index contributed by atoms with van der Waals surface area (Å²) in [5.74, 6) is 0.285. The summed E-state index contributed by atoms with van der Waals surface area (Å²) in [5.41, 5.74) is 7.33. The van der Waals surface area contributed by atoms with E-state index in [1.807, 2.05) is 11.5 Å². The summed E-state index contributed by atoms with van der Waals surface area (Å²) >= 11 is 0. The zero-order valence-corrected chi connectivity index (χ0v) is 15.6. The number of primary amides is 1. The van der Waals surface area contributed by atoms with E-state index in [2.05, 4.69) is 15.3 Å². The van der Waals surface area contributed by atoms with Gasteiger partial charge in [0, 0.05) is 19.0 Å². The number of benzene rings is 1. The number of imidazole rings is 1. The molecular formula is C18H21N5O4. The maximum Gasteiger partial charge on any atom is 0.295 e. The van der Waals surface area contributed by atoms with Gasteiger partial charge < -0.3 is 19.5 Å². The fraction of sp³-hybridized carbons (Fsp3) is 0.333. The van der Waals surface area contributed by atoms with Crippen molar-refractivity contribution in [3.05, 3.63) is 35.0 Å². The molecule has 0 bridgehead atoms. The molecule has 27 heavy (non-hydrogen) atoms. The van der Waals surface area contributed by atoms with Crippen LogP contribution in [0.3, 0.4) is 0 Å². The summed E-state index contributed by atoms with van der Waals surface area (Å²) < 4.78 is 12.6. The Balaban J connectivity index is 2.11. The molecule has 0 unspecified atom stereocenters. The van der Waals surface area contributed by atoms with Gasteiger partial charge in [0.25, 0.3) is 5.91 Å². The van der Waals surface area contributed by atoms with Crippen LogP contribution in [0.5, 0.6) is 5.75 Å². The van der Waals surface area contributed by atoms with E-state index in [1.54, 1.807) is 26.0 Å². The molecule has 0 aliphatic carbocycles. The Morgan fingerprint density at radius 2 is 2.04 bits per heavy atom. The molecular weight excluding hydrogens is 350 g/mol. The van der Waals surface area contributed by atoms with Gasteiger partial charge in [0.15, 0.2) is 5.89 Å². The van der Waals surface area contributed by atoms with Crippen molar-refractivity contribution in [2.45, 2.75) is 33.7 Å². The Morgan fingerprint density at radius 3 is 2.59 bits per heavy atom. The number of amides is 2. The number of fused-ring (bicyclic) bond motifs is 1. The van der Waals surface area contributed by atoms with E-state index >= 15 is 0 Å². The van der Waals surface area contributed by atoms with Crippen molar-refractivity contribution in [2.75, 3.05) is 12.4 Å². The molecule has 0 radical (unpaired) electrons. The van der Waals surface area contributed by atoms with Crippen molar-refractivity contribution in [3.8, 4) is 5.75 Å². The van der Waals surface area contributed by atoms with Crippen molar-refractivity contribution in [2.24, 2.45) is 5.73 Å². The fourth-order valence-corrected chi connectivity index (χ4v) is 2.96. The van der Waals surface area contributed by atoms with Crippen LogP contribution in [0.25, 0.3) is 11.0 Å². The molecule has 0 fully saturated rings. The van der Waals surface area contributed by atoms with E-state index in [-0.39, 0.29) is 11.3 Å². The monoisotopic (exact) mass is 371 g/mol. The number of carbonyl (C=O) groups is 2. The summed E-state index contributed by atoms with van der Waals surface area (Å²) in [6, 6.07) is 3.14. The summed E-state index contributed by atoms with van der Waals surface area (Å²) in [7, 11) is 1.50. The smallest absolute Gasteiger partial charge is 0.295 e. The maximum absolute atomic E-state index is 12.6. The van der Waals surface area contributed by atoms with Crippen LogP contribution >= 0.6 is 0 Å². The van der Waals surface area contributed by atoms with Crippen LogP contribution in [0.4, 0.5) is 5.95 Å². The largest absolute Gasteiger partial charge is 0.494 e. The lowest BCUT2D eigenvalue weighted by molar-refractivity contribution is 0.0988. The van der Waals surface area contributed by atoms with Gasteiger partial charge in [0.1, 0.15) is 11.3 Å². The van der Waals surface area contributed by atoms with Gasteiger partial charge in [0.05, 0.1) is 18.3 Å². The predicted octanol–water partition coefficient (Wildman–Crippen LogP) is 2.41. The minimum atomic E-state index is -0.585. The molecule has 2 aromatic heterocycles. The van der Waals surface area contributed by atoms with Crippen LogP contribution in [0, 0.1) is 13.8 Å². The molecule has 0 saturated carbocycles. The first-order valence-electron chi connectivity index (χ1n) is 8.49. The average Bonchev–Trinajstić information content (AvgIpc) is 3.13. The van der Waals surface area contributed by atoms with Crippen LogP contribution in [0.1, 0.15) is 45.8 Å². The van der Waals surface area contributed by atoms with Gasteiger partial charge in [-0.3, -0.25) is 14.9 Å². The summed E-state index contributed by atoms with van der Waals surface area (Å²) in [5, 5.41) is 2.76. The summed E-state index contributed by atoms with van der Waals surface area (Å²) in [6.45, 7) is 5.97. The Hall–Kier alpha value is -3.36. The molecule has 2 heterocycles. The highest BCUT2D eigenvalue weighted by molar-refractivity contribution is 6.04. The van der Waals surface area contributed by atoms with Crippen LogP contribution in [0.15, 0.2) is 16.5 Å². The standard InChI is InChI=1S/C18H21N5O4/c1-5-6-23-14-12(7-11(16(19)24)8-13(14)26-4)21-18(23)22-17(25)15-9(2)20-10(3)27-15/h7-8H,5-6H2,1-4H3,(H2,19,24)(H,21,22,25). The van der Waals surface area contributed by atoms with Gasteiger partial charge in [0.2, 0.25) is 17.6 Å². The van der Waals surface area contributed by atoms with Crippen molar-refractivity contribution in [1.82, 2.24) is 14.5 Å². The first kappa shape index (κ1) is 18.4. The number of aromatic nitrogens is 3. The van der Waals surface area contributed by atoms with E-state index < -0.39 is 11.8 Å². The van der Waals surface area contributed by atoms with Gasteiger partial charge in [-0.25, -0.2) is 9.97 Å². The zero-order valence-electron chi connectivity index (χ0n) is 15.6. The minimum absolute atomic E-state index is 0.132. The highest BCUT2D eigenvalue weighted by Crippen LogP contribution is 2.31. The Labute approximate surface area is 155 Å². The predicted molar refractivity (Wildman–Crippen MR) is 99.0 cm³/mol. The molecule has 9 heteroatoms. The van der Waals surface area contributed by atoms with Gasteiger partial charge in [-0.15, -0.1) is 0 Å². The topological polar surface area (TPSA) is 125 Å². The van der Waals surface area contributed by atoms with Crippen molar-refractivity contribution in [1.29, 1.82) is 0 Å². The van der Waals surface area contributed by atoms with Crippen LogP contribution in [-0.4, -0.2) is 33.5 Å². The molecule has 142 valence electrons. The second kappa shape index (κ2) is 7.10. The Morgan fingerprint density at radius 1 is 1.30 bits per heavy atom. The number of methoxy groups -OCH3 is 1. The van der Waals surface area contributed by atoms with Crippen molar-refractivity contribution >= 4 is 28.8 Å². The fourth-order valence-electron chi connectivity index (χ4n) is 2.96. The third-order valence-electron chi connectivity index (χ3n) is 4.09. The normalized spacial score (nSPS) is 11.0. The molecule has 0 spiro atoms. The number of anilines is 1. The van der Waals surface area contributed by atoms with E-state index in [9.17, 15) is 9.59 Å². The van der Waals surface area contributed by atoms with E-state index in [0.717, 1.165) is 6.42 Å². The number of nitrogens with zero attached hydrogens (tertiary/aromatic N) is 3. The molecule has 0 atom stereocenters. The minimum Gasteiger partial charge on any atom is -0.494 e. The zero-order chi connectivity index (χ0) is 19.7. The lowest BCUT2D eigenvalue weighted by Crippen LogP contribution is -2.16. The van der Waals surface area contributed by atoms with E-state index in [0.29, 0.717) is 40.9 Å². The number of hydrogen-bond acceptors (Lipinski definition) is 6. The highest BCUT2D eigenvalue weighted by Gasteiger charge is 2.22. The molecule has 2 amide bonds. The maximum atomic E-state index is 12.6. The summed E-state index contributed by atoms with van der Waals surface area (Å²) in [6.07, 6.45) is 0.801. The van der Waals surface area contributed by atoms with Gasteiger partial charge >= 0.3 is 0 Å².